The first kappa shape index (κ1) is 31.5. The number of rotatable bonds is 9. The third-order valence-electron chi connectivity index (χ3n) is 7.45. The molecule has 6 rings (SSSR count). The van der Waals surface area contributed by atoms with E-state index in [4.69, 9.17) is 13.7 Å². The molecular formula is C30H28F3NO8S3. The number of nitrogens with zero attached hydrogens (tertiary/aromatic N) is 1. The fraction of sp³-hybridized carbons (Fsp3) is 0.333. The van der Waals surface area contributed by atoms with Crippen LogP contribution in [0.25, 0.3) is 20.5 Å². The van der Waals surface area contributed by atoms with Crippen molar-refractivity contribution in [1.29, 1.82) is 0 Å². The van der Waals surface area contributed by atoms with Gasteiger partial charge in [-0.2, -0.15) is 30.0 Å². The molecule has 2 aliphatic rings. The molecule has 1 aromatic heterocycles. The smallest absolute Gasteiger partial charge is 0.492 e. The second kappa shape index (κ2) is 12.0. The Bertz CT molecular complexity index is 1940. The van der Waals surface area contributed by atoms with Gasteiger partial charge in [-0.25, -0.2) is 0 Å². The first-order valence-corrected chi connectivity index (χ1v) is 18.0. The number of alkyl halides is 3. The van der Waals surface area contributed by atoms with E-state index >= 15 is 0 Å². The van der Waals surface area contributed by atoms with Crippen LogP contribution in [0.15, 0.2) is 60.7 Å². The molecule has 0 amide bonds. The minimum atomic E-state index is -5.86. The van der Waals surface area contributed by atoms with Crippen LogP contribution in [-0.4, -0.2) is 59.7 Å². The molecule has 240 valence electrons. The molecule has 45 heavy (non-hydrogen) atoms. The van der Waals surface area contributed by atoms with Crippen LogP contribution in [0.3, 0.4) is 0 Å². The monoisotopic (exact) mass is 683 g/mol. The van der Waals surface area contributed by atoms with Crippen LogP contribution < -0.4 is 17.8 Å². The zero-order chi connectivity index (χ0) is 32.0. The van der Waals surface area contributed by atoms with Crippen LogP contribution in [0.2, 0.25) is 0 Å². The standard InChI is InChI=1S/C30H28F3NO8S3/c1-44(35,36)41-21-9-11-23-25(17-21)40-28(19-5-7-20(8-6-19)39-16-15-34-13-3-2-4-14-34)27-24-12-10-22(18-26(24)43-29(23)27)42-45(37,38)30(31,32)33/h5-12,17-18,28H,2-4,13-16H2,1H3. The van der Waals surface area contributed by atoms with E-state index in [0.29, 0.717) is 44.2 Å². The Kier molecular flexibility index (Phi) is 8.39. The van der Waals surface area contributed by atoms with E-state index in [-0.39, 0.29) is 5.75 Å². The molecule has 3 aromatic carbocycles. The molecule has 1 saturated heterocycles. The van der Waals surface area contributed by atoms with Gasteiger partial charge in [0, 0.05) is 38.7 Å². The van der Waals surface area contributed by atoms with Gasteiger partial charge in [-0.3, -0.25) is 4.90 Å². The van der Waals surface area contributed by atoms with Crippen LogP contribution in [0.4, 0.5) is 13.2 Å². The van der Waals surface area contributed by atoms with E-state index in [1.165, 1.54) is 54.9 Å². The number of hydrogen-bond acceptors (Lipinski definition) is 10. The summed E-state index contributed by atoms with van der Waals surface area (Å²) in [5.41, 5.74) is -3.53. The molecule has 0 N–H and O–H groups in total. The molecule has 1 atom stereocenters. The third kappa shape index (κ3) is 6.86. The number of hydrogen-bond donors (Lipinski definition) is 0. The highest BCUT2D eigenvalue weighted by Crippen LogP contribution is 2.53. The average molecular weight is 684 g/mol. The Morgan fingerprint density at radius 3 is 2.24 bits per heavy atom. The first-order chi connectivity index (χ1) is 21.3. The summed E-state index contributed by atoms with van der Waals surface area (Å²) in [6, 6.07) is 15.8. The Hall–Kier alpha value is -3.53. The maximum Gasteiger partial charge on any atom is 0.534 e. The van der Waals surface area contributed by atoms with Crippen LogP contribution in [-0.2, 0) is 20.2 Å². The number of halogens is 3. The predicted octanol–water partition coefficient (Wildman–Crippen LogP) is 6.48. The van der Waals surface area contributed by atoms with E-state index in [1.807, 2.05) is 24.3 Å². The molecule has 0 radical (unpaired) electrons. The highest BCUT2D eigenvalue weighted by atomic mass is 32.2. The van der Waals surface area contributed by atoms with Crippen molar-refractivity contribution in [2.75, 3.05) is 32.5 Å². The first-order valence-electron chi connectivity index (χ1n) is 14.0. The predicted molar refractivity (Wildman–Crippen MR) is 163 cm³/mol. The van der Waals surface area contributed by atoms with Crippen molar-refractivity contribution in [2.45, 2.75) is 30.9 Å². The molecule has 0 saturated carbocycles. The maximum absolute atomic E-state index is 13.0. The quantitative estimate of drug-likeness (QED) is 0.145. The highest BCUT2D eigenvalue weighted by Gasteiger charge is 2.48. The summed E-state index contributed by atoms with van der Waals surface area (Å²) in [5, 5.41) is 0.626. The van der Waals surface area contributed by atoms with Crippen LogP contribution >= 0.6 is 11.3 Å². The van der Waals surface area contributed by atoms with Gasteiger partial charge in [-0.15, -0.1) is 11.3 Å². The SMILES string of the molecule is CS(=O)(=O)Oc1ccc2c(c1)OC(c1ccc(OCCN3CCCCC3)cc1)c1c-2sc2cc(OS(=O)(=O)C(F)(F)F)ccc12. The minimum absolute atomic E-state index is 0.0464. The van der Waals surface area contributed by atoms with Gasteiger partial charge >= 0.3 is 25.7 Å². The number of fused-ring (bicyclic) bond motifs is 5. The molecule has 4 aromatic rings. The second-order valence-corrected chi connectivity index (χ2v) is 14.9. The highest BCUT2D eigenvalue weighted by molar-refractivity contribution is 7.88. The molecule has 2 aliphatic heterocycles. The number of ether oxygens (including phenoxy) is 2. The van der Waals surface area contributed by atoms with Gasteiger partial charge < -0.3 is 17.8 Å². The van der Waals surface area contributed by atoms with Crippen molar-refractivity contribution in [3.8, 4) is 33.4 Å². The Morgan fingerprint density at radius 2 is 1.56 bits per heavy atom. The molecule has 1 unspecified atom stereocenters. The van der Waals surface area contributed by atoms with Gasteiger partial charge in [-0.1, -0.05) is 18.6 Å². The Balaban J connectivity index is 1.34. The fourth-order valence-electron chi connectivity index (χ4n) is 5.43. The van der Waals surface area contributed by atoms with E-state index in [1.54, 1.807) is 6.07 Å². The van der Waals surface area contributed by atoms with Crippen molar-refractivity contribution in [3.63, 3.8) is 0 Å². The van der Waals surface area contributed by atoms with E-state index in [9.17, 15) is 30.0 Å². The lowest BCUT2D eigenvalue weighted by atomic mass is 9.93. The van der Waals surface area contributed by atoms with Gasteiger partial charge in [0.05, 0.1) is 6.26 Å². The number of piperidine rings is 1. The van der Waals surface area contributed by atoms with Crippen molar-refractivity contribution in [1.82, 2.24) is 4.90 Å². The summed E-state index contributed by atoms with van der Waals surface area (Å²) >= 11 is 1.21. The summed E-state index contributed by atoms with van der Waals surface area (Å²) in [6.45, 7) is 3.52. The molecule has 0 spiro atoms. The summed E-state index contributed by atoms with van der Waals surface area (Å²) in [4.78, 5) is 3.09. The second-order valence-electron chi connectivity index (χ2n) is 10.7. The molecule has 0 aliphatic carbocycles. The molecule has 1 fully saturated rings. The van der Waals surface area contributed by atoms with Gasteiger partial charge in [0.25, 0.3) is 0 Å². The van der Waals surface area contributed by atoms with Gasteiger partial charge in [0.15, 0.2) is 6.10 Å². The van der Waals surface area contributed by atoms with Crippen molar-refractivity contribution < 1.29 is 47.8 Å². The normalized spacial score (nSPS) is 17.3. The lowest BCUT2D eigenvalue weighted by molar-refractivity contribution is -0.0500. The summed E-state index contributed by atoms with van der Waals surface area (Å²) in [7, 11) is -9.67. The van der Waals surface area contributed by atoms with Crippen LogP contribution in [0.5, 0.6) is 23.0 Å². The zero-order valence-electron chi connectivity index (χ0n) is 23.9. The molecule has 3 heterocycles. The fourth-order valence-corrected chi connectivity index (χ4v) is 7.63. The van der Waals surface area contributed by atoms with Gasteiger partial charge in [-0.05, 0) is 74.0 Å². The lowest BCUT2D eigenvalue weighted by Crippen LogP contribution is -2.33. The van der Waals surface area contributed by atoms with Crippen molar-refractivity contribution in [2.24, 2.45) is 0 Å². The number of benzene rings is 3. The van der Waals surface area contributed by atoms with Crippen molar-refractivity contribution >= 4 is 41.7 Å². The lowest BCUT2D eigenvalue weighted by Gasteiger charge is -2.28. The van der Waals surface area contributed by atoms with E-state index < -0.39 is 37.6 Å². The molecule has 15 heteroatoms. The Labute approximate surface area is 262 Å². The topological polar surface area (TPSA) is 108 Å². The minimum Gasteiger partial charge on any atom is -0.492 e. The van der Waals surface area contributed by atoms with Crippen LogP contribution in [0.1, 0.15) is 36.5 Å². The van der Waals surface area contributed by atoms with Crippen LogP contribution in [0, 0.1) is 0 Å². The summed E-state index contributed by atoms with van der Waals surface area (Å²) in [5.74, 6) is 0.571. The number of likely N-dealkylation sites (tertiary alicyclic amines) is 1. The molecule has 9 nitrogen and oxygen atoms in total. The maximum atomic E-state index is 13.0. The largest absolute Gasteiger partial charge is 0.534 e. The third-order valence-corrected chi connectivity index (χ3v) is 10.1. The average Bonchev–Trinajstić information content (AvgIpc) is 3.35. The van der Waals surface area contributed by atoms with E-state index in [2.05, 4.69) is 9.08 Å². The zero-order valence-corrected chi connectivity index (χ0v) is 26.3. The molecule has 0 bridgehead atoms. The number of thiophene rings is 1. The van der Waals surface area contributed by atoms with Gasteiger partial charge in [0.2, 0.25) is 0 Å². The Morgan fingerprint density at radius 1 is 0.889 bits per heavy atom. The van der Waals surface area contributed by atoms with E-state index in [0.717, 1.165) is 37.5 Å². The summed E-state index contributed by atoms with van der Waals surface area (Å²) < 4.78 is 108. The summed E-state index contributed by atoms with van der Waals surface area (Å²) in [6.07, 6.45) is 3.87. The van der Waals surface area contributed by atoms with Crippen molar-refractivity contribution in [3.05, 3.63) is 71.8 Å². The van der Waals surface area contributed by atoms with Gasteiger partial charge in [0.1, 0.15) is 29.6 Å². The molecular weight excluding hydrogens is 656 g/mol.